The topological polar surface area (TPSA) is 92.3 Å². The van der Waals surface area contributed by atoms with Gasteiger partial charge in [0.15, 0.2) is 0 Å². The maximum atomic E-state index is 12.8. The van der Waals surface area contributed by atoms with Crippen LogP contribution in [0.25, 0.3) is 0 Å². The third-order valence-electron chi connectivity index (χ3n) is 3.67. The molecular weight excluding hydrogens is 378 g/mol. The van der Waals surface area contributed by atoms with Crippen molar-refractivity contribution in [1.82, 2.24) is 5.32 Å². The second-order valence-electron chi connectivity index (χ2n) is 5.72. The molecule has 0 aliphatic rings. The van der Waals surface area contributed by atoms with Gasteiger partial charge in [0.25, 0.3) is 0 Å². The Labute approximate surface area is 155 Å². The van der Waals surface area contributed by atoms with Gasteiger partial charge in [-0.3, -0.25) is 9.59 Å². The lowest BCUT2D eigenvalue weighted by atomic mass is 10.0. The molecule has 0 heterocycles. The summed E-state index contributed by atoms with van der Waals surface area (Å²) >= 11 is 0. The highest BCUT2D eigenvalue weighted by Gasteiger charge is 2.29. The van der Waals surface area contributed by atoms with E-state index in [4.69, 9.17) is 0 Å². The lowest BCUT2D eigenvalue weighted by Gasteiger charge is -2.18. The molecule has 2 rings (SSSR count). The quantitative estimate of drug-likeness (QED) is 0.753. The molecule has 2 aromatic carbocycles. The Bertz CT molecular complexity index is 918. The number of alkyl halides is 2. The van der Waals surface area contributed by atoms with Gasteiger partial charge in [-0.1, -0.05) is 42.5 Å². The smallest absolute Gasteiger partial charge is 0.341 e. The molecule has 1 unspecified atom stereocenters. The Morgan fingerprint density at radius 3 is 2.19 bits per heavy atom. The van der Waals surface area contributed by atoms with Crippen LogP contribution in [0.4, 0.5) is 14.5 Å². The normalized spacial score (nSPS) is 12.4. The predicted molar refractivity (Wildman–Crippen MR) is 95.9 cm³/mol. The third-order valence-corrected chi connectivity index (χ3v) is 5.11. The van der Waals surface area contributed by atoms with Crippen LogP contribution in [0.1, 0.15) is 24.9 Å². The summed E-state index contributed by atoms with van der Waals surface area (Å²) < 4.78 is 49.2. The summed E-state index contributed by atoms with van der Waals surface area (Å²) in [7, 11) is -4.87. The molecule has 2 amide bonds. The number of rotatable bonds is 7. The van der Waals surface area contributed by atoms with E-state index in [-0.39, 0.29) is 18.0 Å². The third kappa shape index (κ3) is 5.33. The second-order valence-corrected chi connectivity index (χ2v) is 7.60. The van der Waals surface area contributed by atoms with Gasteiger partial charge >= 0.3 is 5.76 Å². The lowest BCUT2D eigenvalue weighted by Crippen LogP contribution is -2.30. The van der Waals surface area contributed by atoms with Crippen LogP contribution in [0.15, 0.2) is 59.5 Å². The molecule has 2 aromatic rings. The zero-order chi connectivity index (χ0) is 20.0. The van der Waals surface area contributed by atoms with E-state index in [0.29, 0.717) is 5.56 Å². The second kappa shape index (κ2) is 8.72. The molecule has 0 spiro atoms. The van der Waals surface area contributed by atoms with Crippen LogP contribution in [0.2, 0.25) is 0 Å². The molecule has 0 aromatic heterocycles. The summed E-state index contributed by atoms with van der Waals surface area (Å²) in [6.45, 7) is 1.30. The number of hydrogen-bond donors (Lipinski definition) is 2. The van der Waals surface area contributed by atoms with E-state index in [1.165, 1.54) is 25.1 Å². The standard InChI is InChI=1S/C18H18F2N2O4S/c1-12(23)21-15(13-7-3-2-4-8-13)11-17(24)22-14-9-5-6-10-16(14)27(25,26)18(19)20/h2-10,15,18H,11H2,1H3,(H,21,23)(H,22,24). The van der Waals surface area contributed by atoms with Gasteiger partial charge in [-0.2, -0.15) is 8.78 Å². The van der Waals surface area contributed by atoms with E-state index in [1.807, 2.05) is 0 Å². The predicted octanol–water partition coefficient (Wildman–Crippen LogP) is 2.89. The van der Waals surface area contributed by atoms with Gasteiger partial charge in [0.1, 0.15) is 0 Å². The van der Waals surface area contributed by atoms with Crippen LogP contribution in [0, 0.1) is 0 Å². The van der Waals surface area contributed by atoms with Gasteiger partial charge in [-0.05, 0) is 17.7 Å². The minimum Gasteiger partial charge on any atom is -0.349 e. The van der Waals surface area contributed by atoms with Crippen molar-refractivity contribution in [2.24, 2.45) is 0 Å². The van der Waals surface area contributed by atoms with Gasteiger partial charge in [-0.25, -0.2) is 8.42 Å². The summed E-state index contributed by atoms with van der Waals surface area (Å²) in [6, 6.07) is 13.0. The molecule has 27 heavy (non-hydrogen) atoms. The van der Waals surface area contributed by atoms with E-state index in [0.717, 1.165) is 6.07 Å². The molecule has 0 radical (unpaired) electrons. The summed E-state index contributed by atoms with van der Waals surface area (Å²) in [6.07, 6.45) is -0.202. The zero-order valence-corrected chi connectivity index (χ0v) is 15.2. The summed E-state index contributed by atoms with van der Waals surface area (Å²) in [4.78, 5) is 23.1. The fraction of sp³-hybridized carbons (Fsp3) is 0.222. The Hall–Kier alpha value is -2.81. The first-order chi connectivity index (χ1) is 12.7. The molecular formula is C18H18F2N2O4S. The van der Waals surface area contributed by atoms with Crippen molar-refractivity contribution >= 4 is 27.3 Å². The fourth-order valence-electron chi connectivity index (χ4n) is 2.48. The van der Waals surface area contributed by atoms with Crippen molar-refractivity contribution in [3.63, 3.8) is 0 Å². The van der Waals surface area contributed by atoms with Crippen LogP contribution in [-0.4, -0.2) is 26.0 Å². The van der Waals surface area contributed by atoms with Crippen molar-refractivity contribution in [1.29, 1.82) is 0 Å². The summed E-state index contributed by atoms with van der Waals surface area (Å²) in [5, 5.41) is 4.98. The monoisotopic (exact) mass is 396 g/mol. The Morgan fingerprint density at radius 1 is 1.00 bits per heavy atom. The van der Waals surface area contributed by atoms with E-state index >= 15 is 0 Å². The number of nitrogens with one attached hydrogen (secondary N) is 2. The molecule has 6 nitrogen and oxygen atoms in total. The Morgan fingerprint density at radius 2 is 1.59 bits per heavy atom. The highest BCUT2D eigenvalue weighted by molar-refractivity contribution is 7.91. The molecule has 144 valence electrons. The summed E-state index contributed by atoms with van der Waals surface area (Å²) in [5.41, 5.74) is 0.439. The molecule has 9 heteroatoms. The van der Waals surface area contributed by atoms with Crippen LogP contribution >= 0.6 is 0 Å². The van der Waals surface area contributed by atoms with Gasteiger partial charge < -0.3 is 10.6 Å². The average Bonchev–Trinajstić information content (AvgIpc) is 2.61. The fourth-order valence-corrected chi connectivity index (χ4v) is 3.37. The van der Waals surface area contributed by atoms with E-state index in [1.54, 1.807) is 30.3 Å². The van der Waals surface area contributed by atoms with E-state index < -0.39 is 32.4 Å². The number of para-hydroxylation sites is 1. The lowest BCUT2D eigenvalue weighted by molar-refractivity contribution is -0.120. The molecule has 0 fully saturated rings. The maximum absolute atomic E-state index is 12.8. The SMILES string of the molecule is CC(=O)NC(CC(=O)Nc1ccccc1S(=O)(=O)C(F)F)c1ccccc1. The van der Waals surface area contributed by atoms with Crippen LogP contribution in [0.3, 0.4) is 0 Å². The van der Waals surface area contributed by atoms with E-state index in [2.05, 4.69) is 10.6 Å². The van der Waals surface area contributed by atoms with Crippen LogP contribution in [-0.2, 0) is 19.4 Å². The number of anilines is 1. The van der Waals surface area contributed by atoms with Crippen LogP contribution < -0.4 is 10.6 Å². The van der Waals surface area contributed by atoms with Gasteiger partial charge in [-0.15, -0.1) is 0 Å². The van der Waals surface area contributed by atoms with Crippen molar-refractivity contribution in [3.05, 3.63) is 60.2 Å². The van der Waals surface area contributed by atoms with Gasteiger partial charge in [0.05, 0.1) is 23.0 Å². The molecule has 0 bridgehead atoms. The molecule has 0 saturated carbocycles. The summed E-state index contributed by atoms with van der Waals surface area (Å²) in [5.74, 6) is -4.58. The van der Waals surface area contributed by atoms with Crippen molar-refractivity contribution < 1.29 is 26.8 Å². The maximum Gasteiger partial charge on any atom is 0.341 e. The van der Waals surface area contributed by atoms with Crippen LogP contribution in [0.5, 0.6) is 0 Å². The first-order valence-corrected chi connectivity index (χ1v) is 9.49. The van der Waals surface area contributed by atoms with E-state index in [9.17, 15) is 26.8 Å². The number of amides is 2. The minimum absolute atomic E-state index is 0.202. The van der Waals surface area contributed by atoms with Gasteiger partial charge in [0.2, 0.25) is 21.7 Å². The number of carbonyl (C=O) groups is 2. The number of carbonyl (C=O) groups excluding carboxylic acids is 2. The Kier molecular flexibility index (Phi) is 6.62. The molecule has 0 saturated heterocycles. The number of sulfone groups is 1. The Balaban J connectivity index is 2.23. The van der Waals surface area contributed by atoms with Gasteiger partial charge in [0, 0.05) is 6.92 Å². The number of hydrogen-bond acceptors (Lipinski definition) is 4. The van der Waals surface area contributed by atoms with Crippen molar-refractivity contribution in [2.45, 2.75) is 30.0 Å². The molecule has 0 aliphatic heterocycles. The number of benzene rings is 2. The molecule has 0 aliphatic carbocycles. The zero-order valence-electron chi connectivity index (χ0n) is 14.4. The highest BCUT2D eigenvalue weighted by Crippen LogP contribution is 2.27. The number of halogens is 2. The average molecular weight is 396 g/mol. The molecule has 1 atom stereocenters. The minimum atomic E-state index is -4.87. The molecule has 2 N–H and O–H groups in total. The first kappa shape index (κ1) is 20.5. The largest absolute Gasteiger partial charge is 0.349 e. The highest BCUT2D eigenvalue weighted by atomic mass is 32.2. The van der Waals surface area contributed by atoms with Crippen molar-refractivity contribution in [2.75, 3.05) is 5.32 Å². The van der Waals surface area contributed by atoms with Crippen molar-refractivity contribution in [3.8, 4) is 0 Å². The first-order valence-electron chi connectivity index (χ1n) is 7.95.